The number of H-pyrrole nitrogens is 2. The van der Waals surface area contributed by atoms with Gasteiger partial charge in [0.1, 0.15) is 5.82 Å². The van der Waals surface area contributed by atoms with Crippen LogP contribution in [0, 0.1) is 10.6 Å². The van der Waals surface area contributed by atoms with Crippen LogP contribution in [0.2, 0.25) is 0 Å². The first kappa shape index (κ1) is 21.6. The van der Waals surface area contributed by atoms with Gasteiger partial charge in [-0.3, -0.25) is 14.2 Å². The molecule has 170 valence electrons. The molecule has 3 heterocycles. The first-order valence-electron chi connectivity index (χ1n) is 11.3. The van der Waals surface area contributed by atoms with Gasteiger partial charge in [-0.25, -0.2) is 4.39 Å². The Labute approximate surface area is 195 Å². The third-order valence-electron chi connectivity index (χ3n) is 6.45. The molecule has 2 aromatic heterocycles. The molecule has 0 radical (unpaired) electrons. The Hall–Kier alpha value is -3.26. The molecule has 1 aliphatic heterocycles. The maximum absolute atomic E-state index is 13.7. The van der Waals surface area contributed by atoms with Gasteiger partial charge in [0.2, 0.25) is 5.91 Å². The lowest BCUT2D eigenvalue weighted by Crippen LogP contribution is -2.35. The van der Waals surface area contributed by atoms with E-state index in [1.807, 2.05) is 23.1 Å². The Kier molecular flexibility index (Phi) is 5.85. The van der Waals surface area contributed by atoms with Gasteiger partial charge in [0.15, 0.2) is 4.77 Å². The highest BCUT2D eigenvalue weighted by atomic mass is 32.1. The number of rotatable bonds is 6. The number of aromatic amines is 2. The summed E-state index contributed by atoms with van der Waals surface area (Å²) < 4.78 is 15.7. The van der Waals surface area contributed by atoms with Crippen LogP contribution in [0.1, 0.15) is 36.9 Å². The number of carbonyl (C=O) groups excluding carboxylic acids is 1. The normalized spacial score (nSPS) is 13.5. The Morgan fingerprint density at radius 3 is 2.73 bits per heavy atom. The molecule has 1 aliphatic rings. The van der Waals surface area contributed by atoms with Gasteiger partial charge in [-0.15, -0.1) is 0 Å². The highest BCUT2D eigenvalue weighted by Gasteiger charge is 2.23. The molecule has 0 fully saturated rings. The van der Waals surface area contributed by atoms with Gasteiger partial charge in [-0.1, -0.05) is 18.6 Å². The lowest BCUT2D eigenvalue weighted by atomic mass is 10.0. The number of fused-ring (bicyclic) bond motifs is 4. The number of nitrogens with zero attached hydrogens (tertiary/aromatic N) is 2. The Morgan fingerprint density at radius 1 is 1.03 bits per heavy atom. The summed E-state index contributed by atoms with van der Waals surface area (Å²) in [6.45, 7) is 1.71. The van der Waals surface area contributed by atoms with Crippen LogP contribution in [0.5, 0.6) is 0 Å². The molecular weight excluding hydrogens is 439 g/mol. The third-order valence-corrected chi connectivity index (χ3v) is 6.77. The summed E-state index contributed by atoms with van der Waals surface area (Å²) in [4.78, 5) is 33.8. The van der Waals surface area contributed by atoms with Crippen LogP contribution in [0.25, 0.3) is 21.8 Å². The standard InChI is InChI=1S/C25H25FN4O2S/c26-16-9-10-21-18(14-16)19-15-29(13-11-22(19)27-21)23(31)8-2-1-5-12-30-24(32)17-6-3-4-7-20(17)28-25(30)33/h3-4,6-7,9-10,14,27H,1-2,5,8,11-13,15H2,(H,28,33). The second kappa shape index (κ2) is 8.94. The zero-order chi connectivity index (χ0) is 22.9. The maximum Gasteiger partial charge on any atom is 0.262 e. The molecule has 0 spiro atoms. The molecule has 0 atom stereocenters. The SMILES string of the molecule is O=C(CCCCCn1c(=S)[nH]c2ccccc2c1=O)N1CCc2[nH]c3ccc(F)cc3c2C1. The molecule has 33 heavy (non-hydrogen) atoms. The number of amides is 1. The monoisotopic (exact) mass is 464 g/mol. The minimum Gasteiger partial charge on any atom is -0.358 e. The summed E-state index contributed by atoms with van der Waals surface area (Å²) in [5.41, 5.74) is 3.70. The molecule has 0 aliphatic carbocycles. The number of carbonyl (C=O) groups is 1. The predicted octanol–water partition coefficient (Wildman–Crippen LogP) is 4.82. The van der Waals surface area contributed by atoms with Gasteiger partial charge in [-0.05, 0) is 55.4 Å². The topological polar surface area (TPSA) is 73.9 Å². The van der Waals surface area contributed by atoms with E-state index in [4.69, 9.17) is 12.2 Å². The zero-order valence-electron chi connectivity index (χ0n) is 18.2. The number of benzene rings is 2. The molecule has 0 saturated heterocycles. The molecule has 0 bridgehead atoms. The highest BCUT2D eigenvalue weighted by Crippen LogP contribution is 2.28. The fourth-order valence-corrected chi connectivity index (χ4v) is 4.97. The number of hydrogen-bond acceptors (Lipinski definition) is 3. The Bertz CT molecular complexity index is 1470. The summed E-state index contributed by atoms with van der Waals surface area (Å²) in [5.74, 6) is -0.148. The molecule has 2 N–H and O–H groups in total. The Morgan fingerprint density at radius 2 is 1.85 bits per heavy atom. The first-order chi connectivity index (χ1) is 16.0. The fourth-order valence-electron chi connectivity index (χ4n) is 4.68. The van der Waals surface area contributed by atoms with E-state index in [-0.39, 0.29) is 17.3 Å². The molecule has 8 heteroatoms. The van der Waals surface area contributed by atoms with E-state index < -0.39 is 0 Å². The van der Waals surface area contributed by atoms with Gasteiger partial charge in [-0.2, -0.15) is 0 Å². The van der Waals surface area contributed by atoms with E-state index in [0.29, 0.717) is 36.2 Å². The van der Waals surface area contributed by atoms with Crippen LogP contribution < -0.4 is 5.56 Å². The average molecular weight is 465 g/mol. The van der Waals surface area contributed by atoms with E-state index in [2.05, 4.69) is 9.97 Å². The second-order valence-corrected chi connectivity index (χ2v) is 8.97. The maximum atomic E-state index is 13.7. The molecule has 0 unspecified atom stereocenters. The Balaban J connectivity index is 1.16. The quantitative estimate of drug-likeness (QED) is 0.317. The van der Waals surface area contributed by atoms with Gasteiger partial charge in [0.25, 0.3) is 5.56 Å². The van der Waals surface area contributed by atoms with E-state index in [9.17, 15) is 14.0 Å². The number of halogens is 1. The number of nitrogens with one attached hydrogen (secondary N) is 2. The van der Waals surface area contributed by atoms with Crippen LogP contribution in [0.15, 0.2) is 47.3 Å². The summed E-state index contributed by atoms with van der Waals surface area (Å²) in [5, 5.41) is 1.49. The molecule has 4 aromatic rings. The minimum absolute atomic E-state index is 0.0790. The third kappa shape index (κ3) is 4.23. The molecule has 0 saturated carbocycles. The minimum atomic E-state index is -0.266. The zero-order valence-corrected chi connectivity index (χ0v) is 19.0. The van der Waals surface area contributed by atoms with Crippen molar-refractivity contribution in [1.29, 1.82) is 0 Å². The largest absolute Gasteiger partial charge is 0.358 e. The summed E-state index contributed by atoms with van der Waals surface area (Å²) in [7, 11) is 0. The van der Waals surface area contributed by atoms with Crippen molar-refractivity contribution in [2.75, 3.05) is 6.54 Å². The second-order valence-electron chi connectivity index (χ2n) is 8.58. The molecule has 6 nitrogen and oxygen atoms in total. The van der Waals surface area contributed by atoms with Crippen molar-refractivity contribution >= 4 is 39.9 Å². The van der Waals surface area contributed by atoms with Crippen LogP contribution in [0.4, 0.5) is 4.39 Å². The highest BCUT2D eigenvalue weighted by molar-refractivity contribution is 7.71. The number of para-hydroxylation sites is 1. The van der Waals surface area contributed by atoms with E-state index in [1.165, 1.54) is 12.1 Å². The fraction of sp³-hybridized carbons (Fsp3) is 0.320. The summed E-state index contributed by atoms with van der Waals surface area (Å²) in [6, 6.07) is 12.1. The van der Waals surface area contributed by atoms with Gasteiger partial charge < -0.3 is 14.9 Å². The molecule has 5 rings (SSSR count). The van der Waals surface area contributed by atoms with Crippen LogP contribution >= 0.6 is 12.2 Å². The molecule has 1 amide bonds. The van der Waals surface area contributed by atoms with Crippen molar-refractivity contribution in [2.45, 2.75) is 45.2 Å². The number of hydrogen-bond donors (Lipinski definition) is 2. The van der Waals surface area contributed by atoms with Crippen molar-refractivity contribution < 1.29 is 9.18 Å². The van der Waals surface area contributed by atoms with E-state index >= 15 is 0 Å². The smallest absolute Gasteiger partial charge is 0.262 e. The van der Waals surface area contributed by atoms with Crippen LogP contribution in [0.3, 0.4) is 0 Å². The van der Waals surface area contributed by atoms with Gasteiger partial charge in [0.05, 0.1) is 10.9 Å². The van der Waals surface area contributed by atoms with Crippen molar-refractivity contribution in [3.63, 3.8) is 0 Å². The molecule has 2 aromatic carbocycles. The van der Waals surface area contributed by atoms with E-state index in [1.54, 1.807) is 16.7 Å². The van der Waals surface area contributed by atoms with E-state index in [0.717, 1.165) is 53.4 Å². The van der Waals surface area contributed by atoms with Crippen molar-refractivity contribution in [3.8, 4) is 0 Å². The lowest BCUT2D eigenvalue weighted by molar-refractivity contribution is -0.132. The molecular formula is C25H25FN4O2S. The summed E-state index contributed by atoms with van der Waals surface area (Å²) >= 11 is 5.36. The van der Waals surface area contributed by atoms with Crippen molar-refractivity contribution in [3.05, 3.63) is 74.7 Å². The van der Waals surface area contributed by atoms with Crippen molar-refractivity contribution in [1.82, 2.24) is 19.4 Å². The number of aromatic nitrogens is 3. The predicted molar refractivity (Wildman–Crippen MR) is 129 cm³/mol. The van der Waals surface area contributed by atoms with Gasteiger partial charge >= 0.3 is 0 Å². The van der Waals surface area contributed by atoms with Gasteiger partial charge in [0, 0.05) is 54.6 Å². The summed E-state index contributed by atoms with van der Waals surface area (Å²) in [6.07, 6.45) is 3.57. The van der Waals surface area contributed by atoms with Crippen LogP contribution in [-0.4, -0.2) is 31.9 Å². The van der Waals surface area contributed by atoms with Crippen LogP contribution in [-0.2, 0) is 24.3 Å². The number of unbranched alkanes of at least 4 members (excludes halogenated alkanes) is 2. The lowest BCUT2D eigenvalue weighted by Gasteiger charge is -2.27. The average Bonchev–Trinajstić information content (AvgIpc) is 3.17. The first-order valence-corrected chi connectivity index (χ1v) is 11.7. The van der Waals surface area contributed by atoms with Crippen molar-refractivity contribution in [2.24, 2.45) is 0 Å².